The first-order chi connectivity index (χ1) is 5.77. The Kier molecular flexibility index (Phi) is 3.07. The minimum Gasteiger partial charge on any atom is -0.330 e. The molecule has 0 saturated carbocycles. The van der Waals surface area contributed by atoms with Gasteiger partial charge in [-0.15, -0.1) is 0 Å². The molecule has 0 saturated heterocycles. The second-order valence-electron chi connectivity index (χ2n) is 3.20. The second kappa shape index (κ2) is 4.08. The predicted octanol–water partition coefficient (Wildman–Crippen LogP) is 1.75. The van der Waals surface area contributed by atoms with Crippen LogP contribution in [-0.4, -0.2) is 6.54 Å². The second-order valence-corrected chi connectivity index (χ2v) is 3.20. The molecule has 2 heteroatoms. The van der Waals surface area contributed by atoms with Crippen molar-refractivity contribution in [2.75, 3.05) is 6.54 Å². The zero-order valence-corrected chi connectivity index (χ0v) is 7.38. The van der Waals surface area contributed by atoms with Gasteiger partial charge in [-0.05, 0) is 31.4 Å². The quantitative estimate of drug-likeness (QED) is 0.672. The number of hydrogen-bond donors (Lipinski definition) is 1. The van der Waals surface area contributed by atoms with Crippen LogP contribution in [0, 0.1) is 17.2 Å². The van der Waals surface area contributed by atoms with Gasteiger partial charge in [-0.2, -0.15) is 5.26 Å². The molecule has 12 heavy (non-hydrogen) atoms. The van der Waals surface area contributed by atoms with E-state index < -0.39 is 0 Å². The third kappa shape index (κ3) is 1.96. The monoisotopic (exact) mass is 162 g/mol. The molecule has 1 atom stereocenters. The topological polar surface area (TPSA) is 49.8 Å². The fourth-order valence-electron chi connectivity index (χ4n) is 1.46. The highest BCUT2D eigenvalue weighted by molar-refractivity contribution is 5.34. The van der Waals surface area contributed by atoms with E-state index in [1.54, 1.807) is 0 Å². The summed E-state index contributed by atoms with van der Waals surface area (Å²) in [6.07, 6.45) is 5.90. The van der Waals surface area contributed by atoms with Crippen LogP contribution in [0.2, 0.25) is 0 Å². The molecule has 1 aliphatic carbocycles. The van der Waals surface area contributed by atoms with Crippen molar-refractivity contribution in [3.05, 3.63) is 23.3 Å². The van der Waals surface area contributed by atoms with Gasteiger partial charge in [-0.25, -0.2) is 0 Å². The summed E-state index contributed by atoms with van der Waals surface area (Å²) < 4.78 is 0. The van der Waals surface area contributed by atoms with Gasteiger partial charge in [0.15, 0.2) is 0 Å². The van der Waals surface area contributed by atoms with Crippen molar-refractivity contribution in [2.45, 2.75) is 19.8 Å². The Hall–Kier alpha value is -1.07. The molecule has 1 aliphatic rings. The van der Waals surface area contributed by atoms with Crippen molar-refractivity contribution in [3.8, 4) is 6.07 Å². The third-order valence-corrected chi connectivity index (χ3v) is 2.19. The van der Waals surface area contributed by atoms with Crippen LogP contribution in [0.4, 0.5) is 0 Å². The molecular formula is C10H14N2. The highest BCUT2D eigenvalue weighted by Gasteiger charge is 2.13. The molecule has 2 nitrogen and oxygen atoms in total. The van der Waals surface area contributed by atoms with Gasteiger partial charge in [-0.3, -0.25) is 0 Å². The molecule has 0 aromatic rings. The number of hydrogen-bond acceptors (Lipinski definition) is 2. The molecule has 0 amide bonds. The number of nitrogens with zero attached hydrogens (tertiary/aromatic N) is 1. The van der Waals surface area contributed by atoms with E-state index >= 15 is 0 Å². The third-order valence-electron chi connectivity index (χ3n) is 2.19. The first-order valence-corrected chi connectivity index (χ1v) is 4.27. The van der Waals surface area contributed by atoms with E-state index in [0.717, 1.165) is 18.4 Å². The van der Waals surface area contributed by atoms with Gasteiger partial charge in [0.05, 0.1) is 6.07 Å². The van der Waals surface area contributed by atoms with Crippen molar-refractivity contribution < 1.29 is 0 Å². The summed E-state index contributed by atoms with van der Waals surface area (Å²) in [6, 6.07) is 2.20. The molecule has 0 aromatic heterocycles. The molecule has 0 radical (unpaired) electrons. The van der Waals surface area contributed by atoms with E-state index in [1.807, 2.05) is 12.2 Å². The Morgan fingerprint density at radius 3 is 2.92 bits per heavy atom. The average Bonchev–Trinajstić information content (AvgIpc) is 2.05. The van der Waals surface area contributed by atoms with Crippen LogP contribution in [0.3, 0.4) is 0 Å². The lowest BCUT2D eigenvalue weighted by Crippen LogP contribution is -2.07. The SMILES string of the molecule is CC1CC(CCN)=CC=C1C#N. The molecule has 0 aromatic carbocycles. The summed E-state index contributed by atoms with van der Waals surface area (Å²) in [5.41, 5.74) is 7.70. The minimum atomic E-state index is 0.376. The average molecular weight is 162 g/mol. The van der Waals surface area contributed by atoms with Gasteiger partial charge < -0.3 is 5.73 Å². The maximum Gasteiger partial charge on any atom is 0.0950 e. The Bertz CT molecular complexity index is 256. The summed E-state index contributed by atoms with van der Waals surface area (Å²) in [5, 5.41) is 8.71. The van der Waals surface area contributed by atoms with Crippen molar-refractivity contribution >= 4 is 0 Å². The van der Waals surface area contributed by atoms with Crippen LogP contribution in [0.1, 0.15) is 19.8 Å². The van der Waals surface area contributed by atoms with Gasteiger partial charge in [0, 0.05) is 5.57 Å². The first kappa shape index (κ1) is 9.02. The number of rotatable bonds is 2. The number of nitriles is 1. The molecule has 0 fully saturated rings. The molecule has 0 aliphatic heterocycles. The lowest BCUT2D eigenvalue weighted by Gasteiger charge is -2.16. The zero-order chi connectivity index (χ0) is 8.97. The van der Waals surface area contributed by atoms with E-state index in [0.29, 0.717) is 12.5 Å². The Balaban J connectivity index is 2.69. The van der Waals surface area contributed by atoms with Crippen LogP contribution in [0.15, 0.2) is 23.3 Å². The van der Waals surface area contributed by atoms with Gasteiger partial charge >= 0.3 is 0 Å². The maximum atomic E-state index is 8.71. The van der Waals surface area contributed by atoms with Gasteiger partial charge in [0.25, 0.3) is 0 Å². The van der Waals surface area contributed by atoms with Crippen LogP contribution >= 0.6 is 0 Å². The highest BCUT2D eigenvalue weighted by atomic mass is 14.5. The molecular weight excluding hydrogens is 148 g/mol. The van der Waals surface area contributed by atoms with E-state index in [-0.39, 0.29) is 0 Å². The van der Waals surface area contributed by atoms with Gasteiger partial charge in [0.1, 0.15) is 0 Å². The normalized spacial score (nSPS) is 22.6. The van der Waals surface area contributed by atoms with E-state index in [2.05, 4.69) is 13.0 Å². The van der Waals surface area contributed by atoms with Crippen molar-refractivity contribution in [1.82, 2.24) is 0 Å². The summed E-state index contributed by atoms with van der Waals surface area (Å²) in [6.45, 7) is 2.78. The fraction of sp³-hybridized carbons (Fsp3) is 0.500. The lowest BCUT2D eigenvalue weighted by molar-refractivity contribution is 0.658. The molecule has 1 rings (SSSR count). The van der Waals surface area contributed by atoms with Crippen LogP contribution < -0.4 is 5.73 Å². The number of allylic oxidation sites excluding steroid dienone is 3. The largest absolute Gasteiger partial charge is 0.330 e. The highest BCUT2D eigenvalue weighted by Crippen LogP contribution is 2.25. The lowest BCUT2D eigenvalue weighted by atomic mass is 9.88. The summed E-state index contributed by atoms with van der Waals surface area (Å²) in [5.74, 6) is 0.376. The summed E-state index contributed by atoms with van der Waals surface area (Å²) >= 11 is 0. The minimum absolute atomic E-state index is 0.376. The van der Waals surface area contributed by atoms with Crippen molar-refractivity contribution in [2.24, 2.45) is 11.7 Å². The molecule has 1 unspecified atom stereocenters. The van der Waals surface area contributed by atoms with E-state index in [9.17, 15) is 0 Å². The molecule has 0 bridgehead atoms. The first-order valence-electron chi connectivity index (χ1n) is 4.27. The smallest absolute Gasteiger partial charge is 0.0950 e. The van der Waals surface area contributed by atoms with Crippen LogP contribution in [0.5, 0.6) is 0 Å². The summed E-state index contributed by atoms with van der Waals surface area (Å²) in [7, 11) is 0. The Morgan fingerprint density at radius 1 is 1.67 bits per heavy atom. The molecule has 0 heterocycles. The van der Waals surface area contributed by atoms with Crippen LogP contribution in [0.25, 0.3) is 0 Å². The maximum absolute atomic E-state index is 8.71. The van der Waals surface area contributed by atoms with Crippen molar-refractivity contribution in [3.63, 3.8) is 0 Å². The van der Waals surface area contributed by atoms with Gasteiger partial charge in [0.2, 0.25) is 0 Å². The zero-order valence-electron chi connectivity index (χ0n) is 7.38. The molecule has 2 N–H and O–H groups in total. The van der Waals surface area contributed by atoms with E-state index in [1.165, 1.54) is 5.57 Å². The summed E-state index contributed by atoms with van der Waals surface area (Å²) in [4.78, 5) is 0. The van der Waals surface area contributed by atoms with Crippen LogP contribution in [-0.2, 0) is 0 Å². The molecule has 0 spiro atoms. The van der Waals surface area contributed by atoms with Gasteiger partial charge in [-0.1, -0.05) is 18.6 Å². The fourth-order valence-corrected chi connectivity index (χ4v) is 1.46. The Labute approximate surface area is 73.4 Å². The number of nitrogens with two attached hydrogens (primary N) is 1. The molecule has 64 valence electrons. The van der Waals surface area contributed by atoms with Crippen molar-refractivity contribution in [1.29, 1.82) is 5.26 Å². The Morgan fingerprint density at radius 2 is 2.42 bits per heavy atom. The van der Waals surface area contributed by atoms with E-state index in [4.69, 9.17) is 11.0 Å². The predicted molar refractivity (Wildman–Crippen MR) is 49.2 cm³/mol. The standard InChI is InChI=1S/C10H14N2/c1-8-6-9(4-5-11)2-3-10(8)7-12/h2-3,8H,4-6,11H2,1H3.